The number of hydrogen-bond donors (Lipinski definition) is 2. The minimum Gasteiger partial charge on any atom is -0.379 e. The maximum absolute atomic E-state index is 12.8. The van der Waals surface area contributed by atoms with Gasteiger partial charge in [0.25, 0.3) is 0 Å². The molecule has 204 valence electrons. The number of nitrogens with one attached hydrogen (secondary N) is 2. The summed E-state index contributed by atoms with van der Waals surface area (Å²) in [6, 6.07) is 15.3. The Labute approximate surface area is 236 Å². The number of dihydropyridines is 1. The molecular weight excluding hydrogens is 560 g/mol. The summed E-state index contributed by atoms with van der Waals surface area (Å²) in [4.78, 5) is 25.4. The number of rotatable bonds is 8. The van der Waals surface area contributed by atoms with Crippen molar-refractivity contribution in [3.8, 4) is 6.07 Å². The van der Waals surface area contributed by atoms with Crippen molar-refractivity contribution in [3.63, 3.8) is 0 Å². The summed E-state index contributed by atoms with van der Waals surface area (Å²) in [5, 5.41) is 16.8. The SMILES string of the molecule is CC(=O)C1=C(C)NC(SCC(=O)Nc2ccc(S(=O)(=O)N3CCOCC3)cc2)=C(C#N)[C@H]1c1ccccc1Cl. The summed E-state index contributed by atoms with van der Waals surface area (Å²) in [6.45, 7) is 4.51. The van der Waals surface area contributed by atoms with Crippen molar-refractivity contribution in [1.82, 2.24) is 9.62 Å². The zero-order valence-corrected chi connectivity index (χ0v) is 23.8. The van der Waals surface area contributed by atoms with Gasteiger partial charge in [0, 0.05) is 35.1 Å². The van der Waals surface area contributed by atoms with Crippen molar-refractivity contribution in [3.05, 3.63) is 81.0 Å². The number of halogens is 1. The lowest BCUT2D eigenvalue weighted by atomic mass is 9.81. The average molecular weight is 587 g/mol. The van der Waals surface area contributed by atoms with E-state index in [2.05, 4.69) is 16.7 Å². The van der Waals surface area contributed by atoms with Crippen molar-refractivity contribution in [2.24, 2.45) is 0 Å². The highest BCUT2D eigenvalue weighted by Crippen LogP contribution is 2.43. The van der Waals surface area contributed by atoms with Crippen LogP contribution in [0.2, 0.25) is 5.02 Å². The van der Waals surface area contributed by atoms with Crippen LogP contribution in [-0.2, 0) is 24.3 Å². The zero-order valence-electron chi connectivity index (χ0n) is 21.4. The lowest BCUT2D eigenvalue weighted by Crippen LogP contribution is -2.40. The number of thioether (sulfide) groups is 1. The summed E-state index contributed by atoms with van der Waals surface area (Å²) in [5.41, 5.74) is 2.41. The van der Waals surface area contributed by atoms with Crippen LogP contribution < -0.4 is 10.6 Å². The molecule has 2 aliphatic rings. The molecule has 1 saturated heterocycles. The smallest absolute Gasteiger partial charge is 0.243 e. The van der Waals surface area contributed by atoms with Crippen LogP contribution in [-0.4, -0.2) is 56.5 Å². The summed E-state index contributed by atoms with van der Waals surface area (Å²) in [5.74, 6) is -1.21. The van der Waals surface area contributed by atoms with Gasteiger partial charge < -0.3 is 15.4 Å². The van der Waals surface area contributed by atoms with Gasteiger partial charge in [-0.1, -0.05) is 41.6 Å². The van der Waals surface area contributed by atoms with E-state index >= 15 is 0 Å². The van der Waals surface area contributed by atoms with Crippen molar-refractivity contribution < 1.29 is 22.7 Å². The van der Waals surface area contributed by atoms with E-state index in [0.717, 1.165) is 11.8 Å². The third-order valence-corrected chi connectivity index (χ3v) is 9.61. The molecule has 0 saturated carbocycles. The van der Waals surface area contributed by atoms with Crippen LogP contribution in [0.15, 0.2) is 75.3 Å². The molecule has 2 heterocycles. The molecule has 12 heteroatoms. The fourth-order valence-corrected chi connectivity index (χ4v) is 7.04. The average Bonchev–Trinajstić information content (AvgIpc) is 2.92. The third-order valence-electron chi connectivity index (χ3n) is 6.34. The first-order valence-corrected chi connectivity index (χ1v) is 14.9. The molecule has 2 aromatic rings. The highest BCUT2D eigenvalue weighted by atomic mass is 35.5. The Morgan fingerprint density at radius 1 is 1.18 bits per heavy atom. The number of ketones is 1. The number of allylic oxidation sites excluding steroid dienone is 3. The number of nitriles is 1. The standard InChI is InChI=1S/C27H27ClN4O5S2/c1-17-25(18(2)33)26(21-5-3-4-6-23(21)28)22(15-29)27(30-17)38-16-24(34)31-19-7-9-20(10-8-19)39(35,36)32-11-13-37-14-12-32/h3-10,26,30H,11-14,16H2,1-2H3,(H,31,34)/t26-/m1/s1. The van der Waals surface area contributed by atoms with Crippen LogP contribution in [0.5, 0.6) is 0 Å². The molecule has 39 heavy (non-hydrogen) atoms. The largest absolute Gasteiger partial charge is 0.379 e. The third kappa shape index (κ3) is 6.37. The second-order valence-electron chi connectivity index (χ2n) is 8.91. The van der Waals surface area contributed by atoms with Crippen molar-refractivity contribution in [2.75, 3.05) is 37.4 Å². The molecule has 0 aromatic heterocycles. The maximum atomic E-state index is 12.8. The van der Waals surface area contributed by atoms with Gasteiger partial charge in [0.1, 0.15) is 0 Å². The number of morpholine rings is 1. The van der Waals surface area contributed by atoms with Crippen LogP contribution in [0, 0.1) is 11.3 Å². The minimum absolute atomic E-state index is 0.0285. The first kappa shape index (κ1) is 28.9. The number of sulfonamides is 1. The molecule has 0 spiro atoms. The normalized spacial score (nSPS) is 18.4. The number of amides is 1. The topological polar surface area (TPSA) is 129 Å². The predicted octanol–water partition coefficient (Wildman–Crippen LogP) is 4.02. The monoisotopic (exact) mass is 586 g/mol. The minimum atomic E-state index is -3.63. The Bertz CT molecular complexity index is 1490. The molecule has 4 rings (SSSR count). The zero-order chi connectivity index (χ0) is 28.2. The lowest BCUT2D eigenvalue weighted by Gasteiger charge is -2.29. The molecule has 0 aliphatic carbocycles. The van der Waals surface area contributed by atoms with Gasteiger partial charge in [-0.2, -0.15) is 9.57 Å². The molecular formula is C27H27ClN4O5S2. The van der Waals surface area contributed by atoms with Gasteiger partial charge in [-0.3, -0.25) is 9.59 Å². The second-order valence-corrected chi connectivity index (χ2v) is 12.2. The van der Waals surface area contributed by atoms with Crippen LogP contribution in [0.1, 0.15) is 25.3 Å². The summed E-state index contributed by atoms with van der Waals surface area (Å²) < 4.78 is 32.2. The number of hydrogen-bond acceptors (Lipinski definition) is 8. The van der Waals surface area contributed by atoms with E-state index < -0.39 is 15.9 Å². The lowest BCUT2D eigenvalue weighted by molar-refractivity contribution is -0.114. The highest BCUT2D eigenvalue weighted by molar-refractivity contribution is 8.03. The maximum Gasteiger partial charge on any atom is 0.243 e. The Hall–Kier alpha value is -3.14. The van der Waals surface area contributed by atoms with E-state index in [0.29, 0.717) is 64.4 Å². The highest BCUT2D eigenvalue weighted by Gasteiger charge is 2.34. The van der Waals surface area contributed by atoms with Crippen LogP contribution in [0.4, 0.5) is 5.69 Å². The van der Waals surface area contributed by atoms with E-state index in [1.807, 2.05) is 0 Å². The molecule has 1 fully saturated rings. The first-order valence-electron chi connectivity index (χ1n) is 12.1. The molecule has 0 unspecified atom stereocenters. The number of carbonyl (C=O) groups excluding carboxylic acids is 2. The molecule has 0 radical (unpaired) electrons. The van der Waals surface area contributed by atoms with Gasteiger partial charge in [0.05, 0.1) is 46.5 Å². The van der Waals surface area contributed by atoms with Gasteiger partial charge in [-0.15, -0.1) is 0 Å². The Morgan fingerprint density at radius 3 is 2.46 bits per heavy atom. The molecule has 2 aliphatic heterocycles. The van der Waals surface area contributed by atoms with Gasteiger partial charge >= 0.3 is 0 Å². The summed E-state index contributed by atoms with van der Waals surface area (Å²) in [7, 11) is -3.63. The Balaban J connectivity index is 1.48. The molecule has 1 amide bonds. The molecule has 2 N–H and O–H groups in total. The second kappa shape index (κ2) is 12.4. The van der Waals surface area contributed by atoms with E-state index in [4.69, 9.17) is 16.3 Å². The number of Topliss-reactive ketones (excluding diaryl/α,β-unsaturated/α-hetero) is 1. The fraction of sp³-hybridized carbons (Fsp3) is 0.296. The van der Waals surface area contributed by atoms with E-state index in [1.165, 1.54) is 35.5 Å². The first-order chi connectivity index (χ1) is 18.6. The predicted molar refractivity (Wildman–Crippen MR) is 150 cm³/mol. The van der Waals surface area contributed by atoms with E-state index in [1.54, 1.807) is 31.2 Å². The van der Waals surface area contributed by atoms with Gasteiger partial charge in [0.2, 0.25) is 15.9 Å². The van der Waals surface area contributed by atoms with Gasteiger partial charge in [-0.25, -0.2) is 8.42 Å². The number of anilines is 1. The number of benzene rings is 2. The Morgan fingerprint density at radius 2 is 1.85 bits per heavy atom. The van der Waals surface area contributed by atoms with Crippen LogP contribution in [0.3, 0.4) is 0 Å². The molecule has 2 aromatic carbocycles. The summed E-state index contributed by atoms with van der Waals surface area (Å²) >= 11 is 7.58. The van der Waals surface area contributed by atoms with Crippen molar-refractivity contribution in [2.45, 2.75) is 24.7 Å². The number of ether oxygens (including phenoxy) is 1. The van der Waals surface area contributed by atoms with E-state index in [-0.39, 0.29) is 22.3 Å². The number of nitrogens with zero attached hydrogens (tertiary/aromatic N) is 2. The van der Waals surface area contributed by atoms with Crippen LogP contribution >= 0.6 is 23.4 Å². The van der Waals surface area contributed by atoms with Crippen molar-refractivity contribution in [1.29, 1.82) is 5.26 Å². The van der Waals surface area contributed by atoms with Gasteiger partial charge in [0.15, 0.2) is 5.78 Å². The Kier molecular flexibility index (Phi) is 9.15. The van der Waals surface area contributed by atoms with Crippen LogP contribution in [0.25, 0.3) is 0 Å². The van der Waals surface area contributed by atoms with Gasteiger partial charge in [-0.05, 0) is 49.7 Å². The fourth-order valence-electron chi connectivity index (χ4n) is 4.49. The van der Waals surface area contributed by atoms with E-state index in [9.17, 15) is 23.3 Å². The molecule has 0 bridgehead atoms. The number of carbonyl (C=O) groups is 2. The molecule has 9 nitrogen and oxygen atoms in total. The van der Waals surface area contributed by atoms with Crippen molar-refractivity contribution >= 4 is 50.8 Å². The molecule has 1 atom stereocenters. The summed E-state index contributed by atoms with van der Waals surface area (Å²) in [6.07, 6.45) is 0. The quantitative estimate of drug-likeness (QED) is 0.475.